The number of nitrogens with zero attached hydrogens (tertiary/aromatic N) is 4. The quantitative estimate of drug-likeness (QED) is 0.704. The zero-order valence-electron chi connectivity index (χ0n) is 14.7. The van der Waals surface area contributed by atoms with E-state index in [9.17, 15) is 0 Å². The van der Waals surface area contributed by atoms with E-state index < -0.39 is 0 Å². The summed E-state index contributed by atoms with van der Waals surface area (Å²) < 4.78 is 4.50. The fourth-order valence-corrected chi connectivity index (χ4v) is 3.84. The first-order valence-electron chi connectivity index (χ1n) is 9.08. The smallest absolute Gasteiger partial charge is 0.0692 e. The molecule has 0 saturated carbocycles. The van der Waals surface area contributed by atoms with Gasteiger partial charge in [0.05, 0.1) is 5.69 Å². The average Bonchev–Trinajstić information content (AvgIpc) is 3.32. The summed E-state index contributed by atoms with van der Waals surface area (Å²) >= 11 is 0. The monoisotopic (exact) mass is 322 g/mol. The number of fused-ring (bicyclic) bond motifs is 1. The second-order valence-electron chi connectivity index (χ2n) is 7.05. The Morgan fingerprint density at radius 2 is 1.88 bits per heavy atom. The van der Waals surface area contributed by atoms with Crippen LogP contribution in [0.5, 0.6) is 0 Å². The molecule has 1 aliphatic heterocycles. The first-order chi connectivity index (χ1) is 11.7. The van der Waals surface area contributed by atoms with E-state index >= 15 is 0 Å². The van der Waals surface area contributed by atoms with Crippen LogP contribution in [-0.4, -0.2) is 38.9 Å². The van der Waals surface area contributed by atoms with E-state index in [0.717, 1.165) is 13.1 Å². The van der Waals surface area contributed by atoms with Gasteiger partial charge in [0, 0.05) is 48.0 Å². The maximum Gasteiger partial charge on any atom is 0.0692 e. The minimum absolute atomic E-state index is 0.363. The van der Waals surface area contributed by atoms with Crippen LogP contribution in [0.2, 0.25) is 0 Å². The Labute approximate surface area is 143 Å². The summed E-state index contributed by atoms with van der Waals surface area (Å²) in [5.74, 6) is 0. The van der Waals surface area contributed by atoms with Crippen molar-refractivity contribution in [2.75, 3.05) is 19.6 Å². The SMILES string of the molecule is CC(C)n1nccc1-c1cccc2c1ccn2CCN1CCCC1. The van der Waals surface area contributed by atoms with E-state index in [4.69, 9.17) is 0 Å². The third-order valence-corrected chi connectivity index (χ3v) is 5.10. The van der Waals surface area contributed by atoms with Crippen molar-refractivity contribution >= 4 is 10.9 Å². The largest absolute Gasteiger partial charge is 0.346 e. The van der Waals surface area contributed by atoms with Crippen LogP contribution in [0.15, 0.2) is 42.7 Å². The molecule has 0 bridgehead atoms. The summed E-state index contributed by atoms with van der Waals surface area (Å²) in [6, 6.07) is 11.4. The highest BCUT2D eigenvalue weighted by molar-refractivity contribution is 5.94. The second kappa shape index (κ2) is 6.44. The van der Waals surface area contributed by atoms with Crippen molar-refractivity contribution in [2.24, 2.45) is 0 Å². The maximum absolute atomic E-state index is 4.50. The van der Waals surface area contributed by atoms with Crippen molar-refractivity contribution < 1.29 is 0 Å². The Balaban J connectivity index is 1.67. The molecule has 24 heavy (non-hydrogen) atoms. The Hall–Kier alpha value is -2.07. The molecule has 1 saturated heterocycles. The van der Waals surface area contributed by atoms with E-state index in [1.165, 1.54) is 48.1 Å². The third-order valence-electron chi connectivity index (χ3n) is 5.10. The van der Waals surface area contributed by atoms with E-state index in [-0.39, 0.29) is 0 Å². The molecule has 4 rings (SSSR count). The highest BCUT2D eigenvalue weighted by Gasteiger charge is 2.14. The van der Waals surface area contributed by atoms with Gasteiger partial charge in [-0.05, 0) is 58.0 Å². The Morgan fingerprint density at radius 1 is 1.04 bits per heavy atom. The van der Waals surface area contributed by atoms with Crippen LogP contribution in [0.1, 0.15) is 32.7 Å². The van der Waals surface area contributed by atoms with Crippen LogP contribution in [0, 0.1) is 0 Å². The lowest BCUT2D eigenvalue weighted by molar-refractivity contribution is 0.324. The van der Waals surface area contributed by atoms with Crippen LogP contribution in [-0.2, 0) is 6.54 Å². The van der Waals surface area contributed by atoms with Crippen molar-refractivity contribution in [1.82, 2.24) is 19.2 Å². The van der Waals surface area contributed by atoms with Crippen LogP contribution < -0.4 is 0 Å². The molecule has 0 unspecified atom stereocenters. The molecule has 1 fully saturated rings. The lowest BCUT2D eigenvalue weighted by Crippen LogP contribution is -2.23. The standard InChI is InChI=1S/C20H26N4/c1-16(2)24-20(8-10-21-24)17-6-5-7-19-18(17)9-13-23(19)15-14-22-11-3-4-12-22/h5-10,13,16H,3-4,11-12,14-15H2,1-2H3. The number of hydrogen-bond donors (Lipinski definition) is 0. The highest BCUT2D eigenvalue weighted by Crippen LogP contribution is 2.30. The van der Waals surface area contributed by atoms with E-state index in [2.05, 4.69) is 69.6 Å². The molecular formula is C20H26N4. The van der Waals surface area contributed by atoms with Gasteiger partial charge in [0.1, 0.15) is 0 Å². The van der Waals surface area contributed by atoms with E-state index in [1.54, 1.807) is 0 Å². The molecule has 126 valence electrons. The molecule has 2 aromatic heterocycles. The van der Waals surface area contributed by atoms with Gasteiger partial charge in [-0.25, -0.2) is 0 Å². The molecule has 3 aromatic rings. The zero-order valence-corrected chi connectivity index (χ0v) is 14.7. The van der Waals surface area contributed by atoms with Gasteiger partial charge in [-0.2, -0.15) is 5.10 Å². The van der Waals surface area contributed by atoms with Gasteiger partial charge < -0.3 is 9.47 Å². The molecular weight excluding hydrogens is 296 g/mol. The molecule has 0 atom stereocenters. The van der Waals surface area contributed by atoms with Crippen molar-refractivity contribution in [2.45, 2.75) is 39.3 Å². The molecule has 4 nitrogen and oxygen atoms in total. The van der Waals surface area contributed by atoms with Gasteiger partial charge in [-0.3, -0.25) is 4.68 Å². The fraction of sp³-hybridized carbons (Fsp3) is 0.450. The molecule has 0 amide bonds. The molecule has 1 aliphatic rings. The fourth-order valence-electron chi connectivity index (χ4n) is 3.84. The molecule has 3 heterocycles. The van der Waals surface area contributed by atoms with Gasteiger partial charge in [-0.15, -0.1) is 0 Å². The molecule has 0 aliphatic carbocycles. The summed E-state index contributed by atoms with van der Waals surface area (Å²) in [6.07, 6.45) is 6.85. The number of aromatic nitrogens is 3. The summed E-state index contributed by atoms with van der Waals surface area (Å²) in [5, 5.41) is 5.82. The zero-order chi connectivity index (χ0) is 16.5. The second-order valence-corrected chi connectivity index (χ2v) is 7.05. The Kier molecular flexibility index (Phi) is 4.15. The number of hydrogen-bond acceptors (Lipinski definition) is 2. The summed E-state index contributed by atoms with van der Waals surface area (Å²) in [6.45, 7) is 9.10. The van der Waals surface area contributed by atoms with Gasteiger partial charge in [-0.1, -0.05) is 12.1 Å². The molecule has 1 aromatic carbocycles. The lowest BCUT2D eigenvalue weighted by Gasteiger charge is -2.16. The topological polar surface area (TPSA) is 26.0 Å². The maximum atomic E-state index is 4.50. The van der Waals surface area contributed by atoms with E-state index in [0.29, 0.717) is 6.04 Å². The van der Waals surface area contributed by atoms with Crippen molar-refractivity contribution in [1.29, 1.82) is 0 Å². The van der Waals surface area contributed by atoms with Gasteiger partial charge >= 0.3 is 0 Å². The third kappa shape index (κ3) is 2.75. The summed E-state index contributed by atoms with van der Waals surface area (Å²) in [5.41, 5.74) is 3.80. The van der Waals surface area contributed by atoms with Gasteiger partial charge in [0.15, 0.2) is 0 Å². The van der Waals surface area contributed by atoms with Crippen LogP contribution in [0.4, 0.5) is 0 Å². The summed E-state index contributed by atoms with van der Waals surface area (Å²) in [7, 11) is 0. The van der Waals surface area contributed by atoms with Crippen LogP contribution in [0.3, 0.4) is 0 Å². The molecule has 0 radical (unpaired) electrons. The van der Waals surface area contributed by atoms with Crippen LogP contribution >= 0.6 is 0 Å². The summed E-state index contributed by atoms with van der Waals surface area (Å²) in [4.78, 5) is 2.57. The number of benzene rings is 1. The van der Waals surface area contributed by atoms with Gasteiger partial charge in [0.25, 0.3) is 0 Å². The number of likely N-dealkylation sites (tertiary alicyclic amines) is 1. The Bertz CT molecular complexity index is 821. The first kappa shape index (κ1) is 15.5. The normalized spacial score (nSPS) is 15.8. The predicted molar refractivity (Wildman–Crippen MR) is 99.2 cm³/mol. The van der Waals surface area contributed by atoms with Crippen molar-refractivity contribution in [3.63, 3.8) is 0 Å². The minimum Gasteiger partial charge on any atom is -0.346 e. The highest BCUT2D eigenvalue weighted by atomic mass is 15.3. The lowest BCUT2D eigenvalue weighted by atomic mass is 10.1. The first-order valence-corrected chi connectivity index (χ1v) is 9.08. The molecule has 4 heteroatoms. The molecule has 0 N–H and O–H groups in total. The number of rotatable bonds is 5. The van der Waals surface area contributed by atoms with Crippen LogP contribution in [0.25, 0.3) is 22.2 Å². The minimum atomic E-state index is 0.363. The molecule has 0 spiro atoms. The predicted octanol–water partition coefficient (Wildman–Crippen LogP) is 4.18. The van der Waals surface area contributed by atoms with E-state index in [1.807, 2.05) is 6.20 Å². The van der Waals surface area contributed by atoms with Crippen molar-refractivity contribution in [3.05, 3.63) is 42.7 Å². The Morgan fingerprint density at radius 3 is 2.67 bits per heavy atom. The van der Waals surface area contributed by atoms with Crippen molar-refractivity contribution in [3.8, 4) is 11.3 Å². The average molecular weight is 322 g/mol. The van der Waals surface area contributed by atoms with Gasteiger partial charge in [0.2, 0.25) is 0 Å².